The second-order valence-corrected chi connectivity index (χ2v) is 6.51. The molecule has 0 bridgehead atoms. The number of rotatable bonds is 3. The topological polar surface area (TPSA) is 41.1 Å². The van der Waals surface area contributed by atoms with Gasteiger partial charge in [0.05, 0.1) is 0 Å². The molecule has 0 aliphatic carbocycles. The first-order chi connectivity index (χ1) is 9.02. The van der Waals surface area contributed by atoms with Crippen molar-refractivity contribution >= 4 is 21.8 Å². The number of carbonyl (C=O) groups is 1. The van der Waals surface area contributed by atoms with E-state index in [1.165, 1.54) is 0 Å². The summed E-state index contributed by atoms with van der Waals surface area (Å²) in [6.45, 7) is 7.05. The lowest BCUT2D eigenvalue weighted by Crippen LogP contribution is -2.43. The first-order valence-electron chi connectivity index (χ1n) is 6.76. The molecule has 1 saturated heterocycles. The molecule has 0 radical (unpaired) electrons. The molecule has 0 spiro atoms. The van der Waals surface area contributed by atoms with E-state index in [0.29, 0.717) is 0 Å². The van der Waals surface area contributed by atoms with Crippen molar-refractivity contribution in [3.8, 4) is 0 Å². The van der Waals surface area contributed by atoms with Gasteiger partial charge in [-0.15, -0.1) is 0 Å². The second kappa shape index (κ2) is 6.06. The van der Waals surface area contributed by atoms with Crippen molar-refractivity contribution in [2.45, 2.75) is 26.7 Å². The molecule has 1 aromatic carbocycles. The highest BCUT2D eigenvalue weighted by atomic mass is 79.9. The van der Waals surface area contributed by atoms with Gasteiger partial charge in [0.25, 0.3) is 5.91 Å². The highest BCUT2D eigenvalue weighted by Crippen LogP contribution is 2.27. The Balaban J connectivity index is 1.99. The largest absolute Gasteiger partial charge is 0.351 e. The molecule has 1 fully saturated rings. The Bertz CT molecular complexity index is 467. The summed E-state index contributed by atoms with van der Waals surface area (Å²) in [5, 5.41) is 6.45. The van der Waals surface area contributed by atoms with E-state index in [0.717, 1.165) is 48.1 Å². The van der Waals surface area contributed by atoms with Gasteiger partial charge in [-0.3, -0.25) is 4.79 Å². The summed E-state index contributed by atoms with van der Waals surface area (Å²) in [6.07, 6.45) is 2.23. The fourth-order valence-electron chi connectivity index (χ4n) is 2.45. The standard InChI is InChI=1S/C15H21BrN2O/c1-11-12(4-3-5-13(11)16)14(19)18-10-15(2)6-8-17-9-7-15/h3-5,17H,6-10H2,1-2H3,(H,18,19). The summed E-state index contributed by atoms with van der Waals surface area (Å²) >= 11 is 3.46. The smallest absolute Gasteiger partial charge is 0.251 e. The zero-order valence-corrected chi connectivity index (χ0v) is 13.1. The van der Waals surface area contributed by atoms with Crippen LogP contribution in [0.25, 0.3) is 0 Å². The van der Waals surface area contributed by atoms with E-state index in [9.17, 15) is 4.79 Å². The number of hydrogen-bond donors (Lipinski definition) is 2. The Morgan fingerprint density at radius 3 is 2.79 bits per heavy atom. The van der Waals surface area contributed by atoms with Crippen LogP contribution in [-0.2, 0) is 0 Å². The number of benzene rings is 1. The first-order valence-corrected chi connectivity index (χ1v) is 7.55. The van der Waals surface area contributed by atoms with Gasteiger partial charge >= 0.3 is 0 Å². The average molecular weight is 325 g/mol. The molecule has 3 nitrogen and oxygen atoms in total. The molecule has 0 aromatic heterocycles. The predicted octanol–water partition coefficient (Wildman–Crippen LogP) is 2.88. The van der Waals surface area contributed by atoms with Crippen LogP contribution in [0.4, 0.5) is 0 Å². The van der Waals surface area contributed by atoms with Gasteiger partial charge in [-0.2, -0.15) is 0 Å². The van der Waals surface area contributed by atoms with Gasteiger partial charge < -0.3 is 10.6 Å². The summed E-state index contributed by atoms with van der Waals surface area (Å²) in [7, 11) is 0. The minimum atomic E-state index is 0.0264. The maximum atomic E-state index is 12.3. The Morgan fingerprint density at radius 2 is 2.11 bits per heavy atom. The van der Waals surface area contributed by atoms with Gasteiger partial charge in [-0.25, -0.2) is 0 Å². The average Bonchev–Trinajstić information content (AvgIpc) is 2.40. The summed E-state index contributed by atoms with van der Waals surface area (Å²) in [6, 6.07) is 5.73. The molecule has 1 heterocycles. The molecule has 0 saturated carbocycles. The lowest BCUT2D eigenvalue weighted by molar-refractivity contribution is 0.0921. The Morgan fingerprint density at radius 1 is 1.42 bits per heavy atom. The maximum Gasteiger partial charge on any atom is 0.251 e. The van der Waals surface area contributed by atoms with Crippen molar-refractivity contribution in [1.82, 2.24) is 10.6 Å². The number of carbonyl (C=O) groups excluding carboxylic acids is 1. The highest BCUT2D eigenvalue weighted by Gasteiger charge is 2.27. The molecule has 2 rings (SSSR count). The van der Waals surface area contributed by atoms with Crippen LogP contribution < -0.4 is 10.6 Å². The van der Waals surface area contributed by atoms with Crippen LogP contribution in [0, 0.1) is 12.3 Å². The van der Waals surface area contributed by atoms with E-state index in [2.05, 4.69) is 33.5 Å². The van der Waals surface area contributed by atoms with Crippen LogP contribution >= 0.6 is 15.9 Å². The molecule has 2 N–H and O–H groups in total. The van der Waals surface area contributed by atoms with Gasteiger partial charge in [0, 0.05) is 16.6 Å². The molecular formula is C15H21BrN2O. The van der Waals surface area contributed by atoms with Crippen molar-refractivity contribution in [1.29, 1.82) is 0 Å². The van der Waals surface area contributed by atoms with Crippen LogP contribution in [0.15, 0.2) is 22.7 Å². The van der Waals surface area contributed by atoms with Crippen molar-refractivity contribution in [3.05, 3.63) is 33.8 Å². The van der Waals surface area contributed by atoms with Gasteiger partial charge in [0.15, 0.2) is 0 Å². The number of piperidine rings is 1. The molecule has 1 amide bonds. The predicted molar refractivity (Wildman–Crippen MR) is 81.4 cm³/mol. The van der Waals surface area contributed by atoms with Gasteiger partial charge in [0.2, 0.25) is 0 Å². The normalized spacial score (nSPS) is 18.1. The van der Waals surface area contributed by atoms with E-state index < -0.39 is 0 Å². The van der Waals surface area contributed by atoms with E-state index >= 15 is 0 Å². The molecule has 19 heavy (non-hydrogen) atoms. The minimum Gasteiger partial charge on any atom is -0.351 e. The zero-order chi connectivity index (χ0) is 13.9. The third kappa shape index (κ3) is 3.57. The molecule has 104 valence electrons. The number of amides is 1. The van der Waals surface area contributed by atoms with Crippen molar-refractivity contribution in [2.24, 2.45) is 5.41 Å². The number of nitrogens with one attached hydrogen (secondary N) is 2. The molecule has 4 heteroatoms. The van der Waals surface area contributed by atoms with Crippen LogP contribution in [0.3, 0.4) is 0 Å². The summed E-state index contributed by atoms with van der Waals surface area (Å²) in [5.41, 5.74) is 1.98. The summed E-state index contributed by atoms with van der Waals surface area (Å²) < 4.78 is 0.980. The Kier molecular flexibility index (Phi) is 4.63. The SMILES string of the molecule is Cc1c(Br)cccc1C(=O)NCC1(C)CCNCC1. The Labute approximate surface area is 123 Å². The highest BCUT2D eigenvalue weighted by molar-refractivity contribution is 9.10. The third-order valence-corrected chi connectivity index (χ3v) is 4.86. The zero-order valence-electron chi connectivity index (χ0n) is 11.6. The van der Waals surface area contributed by atoms with Crippen LogP contribution in [0.1, 0.15) is 35.7 Å². The van der Waals surface area contributed by atoms with Crippen molar-refractivity contribution < 1.29 is 4.79 Å². The van der Waals surface area contributed by atoms with Crippen LogP contribution in [0.2, 0.25) is 0 Å². The maximum absolute atomic E-state index is 12.3. The number of hydrogen-bond acceptors (Lipinski definition) is 2. The summed E-state index contributed by atoms with van der Waals surface area (Å²) in [5.74, 6) is 0.0264. The molecule has 0 unspecified atom stereocenters. The number of halogens is 1. The van der Waals surface area contributed by atoms with Crippen LogP contribution in [0.5, 0.6) is 0 Å². The molecule has 1 aliphatic rings. The third-order valence-electron chi connectivity index (χ3n) is 4.00. The van der Waals surface area contributed by atoms with E-state index in [1.807, 2.05) is 25.1 Å². The molecule has 1 aliphatic heterocycles. The summed E-state index contributed by atoms with van der Waals surface area (Å²) in [4.78, 5) is 12.3. The van der Waals surface area contributed by atoms with Gasteiger partial charge in [-0.05, 0) is 56.0 Å². The molecular weight excluding hydrogens is 304 g/mol. The van der Waals surface area contributed by atoms with E-state index in [1.54, 1.807) is 0 Å². The molecule has 0 atom stereocenters. The quantitative estimate of drug-likeness (QED) is 0.897. The first kappa shape index (κ1) is 14.5. The van der Waals surface area contributed by atoms with Gasteiger partial charge in [-0.1, -0.05) is 28.9 Å². The second-order valence-electron chi connectivity index (χ2n) is 5.66. The van der Waals surface area contributed by atoms with Crippen molar-refractivity contribution in [3.63, 3.8) is 0 Å². The monoisotopic (exact) mass is 324 g/mol. The van der Waals surface area contributed by atoms with E-state index in [-0.39, 0.29) is 11.3 Å². The fraction of sp³-hybridized carbons (Fsp3) is 0.533. The van der Waals surface area contributed by atoms with E-state index in [4.69, 9.17) is 0 Å². The molecule has 1 aromatic rings. The minimum absolute atomic E-state index is 0.0264. The van der Waals surface area contributed by atoms with Crippen LogP contribution in [-0.4, -0.2) is 25.5 Å². The lowest BCUT2D eigenvalue weighted by atomic mass is 9.81. The van der Waals surface area contributed by atoms with Gasteiger partial charge in [0.1, 0.15) is 0 Å². The lowest BCUT2D eigenvalue weighted by Gasteiger charge is -2.34. The Hall–Kier alpha value is -0.870. The fourth-order valence-corrected chi connectivity index (χ4v) is 2.82. The van der Waals surface area contributed by atoms with Crippen molar-refractivity contribution in [2.75, 3.05) is 19.6 Å².